The molecule has 1 aromatic rings. The molecule has 0 aliphatic rings. The number of hydrogen-bond acceptors (Lipinski definition) is 2. The predicted molar refractivity (Wildman–Crippen MR) is 65.4 cm³/mol. The van der Waals surface area contributed by atoms with E-state index in [0.29, 0.717) is 12.5 Å². The fourth-order valence-electron chi connectivity index (χ4n) is 1.41. The van der Waals surface area contributed by atoms with Crippen LogP contribution in [0, 0.1) is 0 Å². The van der Waals surface area contributed by atoms with Gasteiger partial charge in [0, 0.05) is 4.47 Å². The Kier molecular flexibility index (Phi) is 5.12. The van der Waals surface area contributed by atoms with Gasteiger partial charge in [0.1, 0.15) is 12.4 Å². The molecule has 1 aromatic carbocycles. The van der Waals surface area contributed by atoms with Gasteiger partial charge in [-0.05, 0) is 36.1 Å². The molecule has 84 valence electrons. The minimum atomic E-state index is 0.0516. The molecule has 0 heterocycles. The molecule has 0 amide bonds. The Morgan fingerprint density at radius 1 is 1.47 bits per heavy atom. The first-order valence-electron chi connectivity index (χ1n) is 5.22. The van der Waals surface area contributed by atoms with Crippen molar-refractivity contribution in [3.63, 3.8) is 0 Å². The van der Waals surface area contributed by atoms with Crippen molar-refractivity contribution in [3.05, 3.63) is 28.2 Å². The van der Waals surface area contributed by atoms with Gasteiger partial charge in [0.2, 0.25) is 0 Å². The van der Waals surface area contributed by atoms with Gasteiger partial charge in [-0.15, -0.1) is 0 Å². The largest absolute Gasteiger partial charge is 0.491 e. The standard InChI is InChI=1S/C12H17BrO2/c1-3-9(2)11-8-10(13)4-5-12(11)15-7-6-14/h4-5,8-9,14H,3,6-7H2,1-2H3. The minimum Gasteiger partial charge on any atom is -0.491 e. The van der Waals surface area contributed by atoms with Gasteiger partial charge in [0.25, 0.3) is 0 Å². The van der Waals surface area contributed by atoms with Gasteiger partial charge >= 0.3 is 0 Å². The number of ether oxygens (including phenoxy) is 1. The molecule has 1 rings (SSSR count). The first-order valence-corrected chi connectivity index (χ1v) is 6.01. The number of aliphatic hydroxyl groups is 1. The summed E-state index contributed by atoms with van der Waals surface area (Å²) in [5.41, 5.74) is 1.19. The van der Waals surface area contributed by atoms with Gasteiger partial charge < -0.3 is 9.84 Å². The van der Waals surface area contributed by atoms with Crippen LogP contribution < -0.4 is 4.74 Å². The van der Waals surface area contributed by atoms with Gasteiger partial charge in [0.05, 0.1) is 6.61 Å². The van der Waals surface area contributed by atoms with Crippen LogP contribution in [0.1, 0.15) is 31.7 Å². The summed E-state index contributed by atoms with van der Waals surface area (Å²) in [6.07, 6.45) is 1.08. The molecule has 3 heteroatoms. The Morgan fingerprint density at radius 3 is 2.80 bits per heavy atom. The van der Waals surface area contributed by atoms with Crippen molar-refractivity contribution in [3.8, 4) is 5.75 Å². The maximum absolute atomic E-state index is 8.73. The Bertz CT molecular complexity index is 312. The average Bonchev–Trinajstić information content (AvgIpc) is 2.26. The summed E-state index contributed by atoms with van der Waals surface area (Å²) in [6, 6.07) is 5.99. The maximum Gasteiger partial charge on any atom is 0.122 e. The normalized spacial score (nSPS) is 12.5. The van der Waals surface area contributed by atoms with E-state index in [2.05, 4.69) is 35.8 Å². The number of benzene rings is 1. The van der Waals surface area contributed by atoms with Gasteiger partial charge in [-0.3, -0.25) is 0 Å². The molecule has 0 radical (unpaired) electrons. The van der Waals surface area contributed by atoms with E-state index < -0.39 is 0 Å². The van der Waals surface area contributed by atoms with E-state index in [9.17, 15) is 0 Å². The van der Waals surface area contributed by atoms with Crippen molar-refractivity contribution in [2.45, 2.75) is 26.2 Å². The van der Waals surface area contributed by atoms with Gasteiger partial charge in [0.15, 0.2) is 0 Å². The Hall–Kier alpha value is -0.540. The molecule has 0 saturated carbocycles. The van der Waals surface area contributed by atoms with E-state index >= 15 is 0 Å². The topological polar surface area (TPSA) is 29.5 Å². The van der Waals surface area contributed by atoms with E-state index in [1.165, 1.54) is 5.56 Å². The summed E-state index contributed by atoms with van der Waals surface area (Å²) >= 11 is 3.46. The molecule has 1 atom stereocenters. The molecule has 0 aromatic heterocycles. The molecular formula is C12H17BrO2. The third kappa shape index (κ3) is 3.50. The molecule has 0 saturated heterocycles. The lowest BCUT2D eigenvalue weighted by atomic mass is 9.98. The van der Waals surface area contributed by atoms with Crippen molar-refractivity contribution in [1.82, 2.24) is 0 Å². The molecule has 1 unspecified atom stereocenters. The quantitative estimate of drug-likeness (QED) is 0.891. The van der Waals surface area contributed by atoms with Crippen LogP contribution in [0.3, 0.4) is 0 Å². The van der Waals surface area contributed by atoms with Crippen LogP contribution in [-0.4, -0.2) is 18.3 Å². The van der Waals surface area contributed by atoms with E-state index in [4.69, 9.17) is 9.84 Å². The molecular weight excluding hydrogens is 256 g/mol. The van der Waals surface area contributed by atoms with Crippen LogP contribution in [0.25, 0.3) is 0 Å². The van der Waals surface area contributed by atoms with Gasteiger partial charge in [-0.25, -0.2) is 0 Å². The third-order valence-electron chi connectivity index (χ3n) is 2.46. The zero-order chi connectivity index (χ0) is 11.3. The van der Waals surface area contributed by atoms with E-state index in [1.54, 1.807) is 0 Å². The van der Waals surface area contributed by atoms with Crippen LogP contribution in [0.4, 0.5) is 0 Å². The van der Waals surface area contributed by atoms with Crippen LogP contribution in [0.5, 0.6) is 5.75 Å². The Morgan fingerprint density at radius 2 is 2.20 bits per heavy atom. The summed E-state index contributed by atoms with van der Waals surface area (Å²) in [7, 11) is 0. The summed E-state index contributed by atoms with van der Waals surface area (Å²) in [4.78, 5) is 0. The number of hydrogen-bond donors (Lipinski definition) is 1. The summed E-state index contributed by atoms with van der Waals surface area (Å²) in [6.45, 7) is 4.73. The van der Waals surface area contributed by atoms with Crippen molar-refractivity contribution in [1.29, 1.82) is 0 Å². The smallest absolute Gasteiger partial charge is 0.122 e. The molecule has 15 heavy (non-hydrogen) atoms. The first-order chi connectivity index (χ1) is 7.19. The highest BCUT2D eigenvalue weighted by Crippen LogP contribution is 2.31. The van der Waals surface area contributed by atoms with Crippen molar-refractivity contribution in [2.75, 3.05) is 13.2 Å². The maximum atomic E-state index is 8.73. The summed E-state index contributed by atoms with van der Waals surface area (Å²) < 4.78 is 6.56. The van der Waals surface area contributed by atoms with Crippen LogP contribution >= 0.6 is 15.9 Å². The third-order valence-corrected chi connectivity index (χ3v) is 2.96. The number of halogens is 1. The zero-order valence-corrected chi connectivity index (χ0v) is 10.8. The van der Waals surface area contributed by atoms with E-state index in [-0.39, 0.29) is 6.61 Å². The van der Waals surface area contributed by atoms with Crippen molar-refractivity contribution < 1.29 is 9.84 Å². The number of aliphatic hydroxyl groups excluding tert-OH is 1. The van der Waals surface area contributed by atoms with Crippen LogP contribution in [0.2, 0.25) is 0 Å². The average molecular weight is 273 g/mol. The molecule has 0 spiro atoms. The van der Waals surface area contributed by atoms with Crippen LogP contribution in [0.15, 0.2) is 22.7 Å². The second kappa shape index (κ2) is 6.13. The van der Waals surface area contributed by atoms with Gasteiger partial charge in [-0.1, -0.05) is 29.8 Å². The van der Waals surface area contributed by atoms with Crippen molar-refractivity contribution >= 4 is 15.9 Å². The fraction of sp³-hybridized carbons (Fsp3) is 0.500. The lowest BCUT2D eigenvalue weighted by Crippen LogP contribution is -2.05. The lowest BCUT2D eigenvalue weighted by molar-refractivity contribution is 0.200. The summed E-state index contributed by atoms with van der Waals surface area (Å²) in [5, 5.41) is 8.73. The molecule has 0 aliphatic heterocycles. The Balaban J connectivity index is 2.92. The number of rotatable bonds is 5. The SMILES string of the molecule is CCC(C)c1cc(Br)ccc1OCCO. The van der Waals surface area contributed by atoms with Crippen molar-refractivity contribution in [2.24, 2.45) is 0 Å². The lowest BCUT2D eigenvalue weighted by Gasteiger charge is -2.15. The van der Waals surface area contributed by atoms with E-state index in [0.717, 1.165) is 16.6 Å². The second-order valence-corrected chi connectivity index (χ2v) is 4.48. The van der Waals surface area contributed by atoms with Crippen LogP contribution in [-0.2, 0) is 0 Å². The second-order valence-electron chi connectivity index (χ2n) is 3.56. The highest BCUT2D eigenvalue weighted by Gasteiger charge is 2.10. The fourth-order valence-corrected chi connectivity index (χ4v) is 1.79. The zero-order valence-electron chi connectivity index (χ0n) is 9.16. The molecule has 0 aliphatic carbocycles. The highest BCUT2D eigenvalue weighted by molar-refractivity contribution is 9.10. The minimum absolute atomic E-state index is 0.0516. The highest BCUT2D eigenvalue weighted by atomic mass is 79.9. The first kappa shape index (κ1) is 12.5. The monoisotopic (exact) mass is 272 g/mol. The summed E-state index contributed by atoms with van der Waals surface area (Å²) in [5.74, 6) is 1.35. The molecule has 1 N–H and O–H groups in total. The molecule has 0 bridgehead atoms. The molecule has 0 fully saturated rings. The molecule has 2 nitrogen and oxygen atoms in total. The van der Waals surface area contributed by atoms with E-state index in [1.807, 2.05) is 12.1 Å². The Labute approximate surface area is 99.4 Å². The predicted octanol–water partition coefficient (Wildman–Crippen LogP) is 3.33. The van der Waals surface area contributed by atoms with Gasteiger partial charge in [-0.2, -0.15) is 0 Å².